The fourth-order valence-corrected chi connectivity index (χ4v) is 3.81. The van der Waals surface area contributed by atoms with E-state index in [2.05, 4.69) is 62.5 Å². The normalized spacial score (nSPS) is 17.8. The summed E-state index contributed by atoms with van der Waals surface area (Å²) < 4.78 is 0. The van der Waals surface area contributed by atoms with Gasteiger partial charge in [-0.2, -0.15) is 0 Å². The lowest BCUT2D eigenvalue weighted by molar-refractivity contribution is 0.0882. The number of likely N-dealkylation sites (N-methyl/N-ethyl adjacent to an activating group) is 1. The van der Waals surface area contributed by atoms with Gasteiger partial charge in [0.05, 0.1) is 6.04 Å². The number of hydrazine groups is 1. The molecule has 0 heterocycles. The van der Waals surface area contributed by atoms with Crippen molar-refractivity contribution >= 4 is 0 Å². The largest absolute Gasteiger partial charge is 0.302 e. The van der Waals surface area contributed by atoms with Crippen LogP contribution in [0.15, 0.2) is 24.3 Å². The van der Waals surface area contributed by atoms with Crippen molar-refractivity contribution in [1.82, 2.24) is 10.3 Å². The van der Waals surface area contributed by atoms with Crippen molar-refractivity contribution < 1.29 is 0 Å². The molecule has 3 heteroatoms. The number of nitrogens with one attached hydrogen (secondary N) is 1. The van der Waals surface area contributed by atoms with E-state index in [4.69, 9.17) is 5.84 Å². The molecule has 0 aromatic heterocycles. The van der Waals surface area contributed by atoms with Crippen LogP contribution in [0.1, 0.15) is 69.0 Å². The number of hydrogen-bond acceptors (Lipinski definition) is 3. The first-order valence-electron chi connectivity index (χ1n) is 8.32. The van der Waals surface area contributed by atoms with Crippen molar-refractivity contribution in [3.8, 4) is 0 Å². The molecule has 1 unspecified atom stereocenters. The predicted octanol–water partition coefficient (Wildman–Crippen LogP) is 3.58. The molecule has 1 fully saturated rings. The summed E-state index contributed by atoms with van der Waals surface area (Å²) in [5.41, 5.74) is 5.91. The van der Waals surface area contributed by atoms with Gasteiger partial charge in [-0.05, 0) is 56.8 Å². The maximum Gasteiger partial charge on any atom is 0.0643 e. The Bertz CT molecular complexity index is 430. The average Bonchev–Trinajstić information content (AvgIpc) is 2.44. The van der Waals surface area contributed by atoms with Gasteiger partial charge in [-0.15, -0.1) is 0 Å². The Morgan fingerprint density at radius 2 is 1.76 bits per heavy atom. The van der Waals surface area contributed by atoms with Crippen LogP contribution >= 0.6 is 0 Å². The molecule has 0 aliphatic heterocycles. The SMILES string of the molecule is CCC(CC)(C(NN)c1ccc(C2CCC2)cc1)N(C)C. The maximum atomic E-state index is 5.94. The summed E-state index contributed by atoms with van der Waals surface area (Å²) >= 11 is 0. The molecule has 0 amide bonds. The maximum absolute atomic E-state index is 5.94. The van der Waals surface area contributed by atoms with Crippen LogP contribution < -0.4 is 11.3 Å². The Morgan fingerprint density at radius 3 is 2.10 bits per heavy atom. The van der Waals surface area contributed by atoms with E-state index in [0.29, 0.717) is 0 Å². The minimum absolute atomic E-state index is 0.0483. The average molecular weight is 289 g/mol. The molecule has 21 heavy (non-hydrogen) atoms. The van der Waals surface area contributed by atoms with Crippen molar-refractivity contribution in [2.45, 2.75) is 63.5 Å². The molecule has 2 rings (SSSR count). The van der Waals surface area contributed by atoms with Gasteiger partial charge in [0.15, 0.2) is 0 Å². The molecule has 1 saturated carbocycles. The van der Waals surface area contributed by atoms with E-state index < -0.39 is 0 Å². The standard InChI is InChI=1S/C18H31N3/c1-5-18(6-2,21(3)4)17(20-19)16-12-10-15(11-13-16)14-8-7-9-14/h10-14,17,20H,5-9,19H2,1-4H3. The predicted molar refractivity (Wildman–Crippen MR) is 90.1 cm³/mol. The van der Waals surface area contributed by atoms with Gasteiger partial charge in [0.2, 0.25) is 0 Å². The zero-order chi connectivity index (χ0) is 15.5. The molecule has 0 radical (unpaired) electrons. The van der Waals surface area contributed by atoms with Gasteiger partial charge in [-0.3, -0.25) is 11.3 Å². The van der Waals surface area contributed by atoms with Crippen LogP contribution in [0.2, 0.25) is 0 Å². The molecule has 0 saturated heterocycles. The second kappa shape index (κ2) is 6.91. The molecule has 1 aromatic carbocycles. The Morgan fingerprint density at radius 1 is 1.19 bits per heavy atom. The van der Waals surface area contributed by atoms with Gasteiger partial charge in [-0.25, -0.2) is 0 Å². The lowest BCUT2D eigenvalue weighted by Crippen LogP contribution is -2.54. The van der Waals surface area contributed by atoms with Crippen LogP contribution in [-0.4, -0.2) is 24.5 Å². The van der Waals surface area contributed by atoms with Gasteiger partial charge < -0.3 is 4.90 Å². The Labute approximate surface area is 129 Å². The van der Waals surface area contributed by atoms with Crippen molar-refractivity contribution in [1.29, 1.82) is 0 Å². The van der Waals surface area contributed by atoms with E-state index in [9.17, 15) is 0 Å². The second-order valence-electron chi connectivity index (χ2n) is 6.60. The van der Waals surface area contributed by atoms with Crippen LogP contribution in [0.5, 0.6) is 0 Å². The third-order valence-electron chi connectivity index (χ3n) is 5.67. The molecule has 1 aromatic rings. The summed E-state index contributed by atoms with van der Waals surface area (Å²) in [5, 5.41) is 0. The molecule has 3 N–H and O–H groups in total. The highest BCUT2D eigenvalue weighted by atomic mass is 15.3. The molecular formula is C18H31N3. The van der Waals surface area contributed by atoms with E-state index in [0.717, 1.165) is 18.8 Å². The number of benzene rings is 1. The van der Waals surface area contributed by atoms with Crippen LogP contribution in [0, 0.1) is 0 Å². The van der Waals surface area contributed by atoms with Gasteiger partial charge in [0, 0.05) is 5.54 Å². The van der Waals surface area contributed by atoms with Crippen molar-refractivity contribution in [3.05, 3.63) is 35.4 Å². The third-order valence-corrected chi connectivity index (χ3v) is 5.67. The zero-order valence-electron chi connectivity index (χ0n) is 14.0. The number of nitrogens with zero attached hydrogens (tertiary/aromatic N) is 1. The highest BCUT2D eigenvalue weighted by molar-refractivity contribution is 5.30. The Kier molecular flexibility index (Phi) is 5.42. The molecule has 1 aliphatic carbocycles. The minimum atomic E-state index is 0.0483. The molecule has 1 aliphatic rings. The monoisotopic (exact) mass is 289 g/mol. The number of hydrogen-bond donors (Lipinski definition) is 2. The lowest BCUT2D eigenvalue weighted by Gasteiger charge is -2.45. The first kappa shape index (κ1) is 16.5. The van der Waals surface area contributed by atoms with E-state index in [-0.39, 0.29) is 11.6 Å². The number of rotatable bonds is 7. The Hall–Kier alpha value is -0.900. The second-order valence-corrected chi connectivity index (χ2v) is 6.60. The van der Waals surface area contributed by atoms with Gasteiger partial charge >= 0.3 is 0 Å². The molecule has 3 nitrogen and oxygen atoms in total. The fourth-order valence-electron chi connectivity index (χ4n) is 3.81. The fraction of sp³-hybridized carbons (Fsp3) is 0.667. The molecule has 1 atom stereocenters. The first-order valence-corrected chi connectivity index (χ1v) is 8.32. The van der Waals surface area contributed by atoms with E-state index >= 15 is 0 Å². The topological polar surface area (TPSA) is 41.3 Å². The highest BCUT2D eigenvalue weighted by Crippen LogP contribution is 2.39. The summed E-state index contributed by atoms with van der Waals surface area (Å²) in [4.78, 5) is 2.32. The summed E-state index contributed by atoms with van der Waals surface area (Å²) in [6.07, 6.45) is 6.22. The van der Waals surface area contributed by atoms with Crippen LogP contribution in [0.3, 0.4) is 0 Å². The lowest BCUT2D eigenvalue weighted by atomic mass is 9.77. The Balaban J connectivity index is 2.26. The van der Waals surface area contributed by atoms with Crippen LogP contribution in [0.25, 0.3) is 0 Å². The van der Waals surface area contributed by atoms with Gasteiger partial charge in [-0.1, -0.05) is 44.5 Å². The smallest absolute Gasteiger partial charge is 0.0643 e. The van der Waals surface area contributed by atoms with Gasteiger partial charge in [0.25, 0.3) is 0 Å². The molecule has 0 bridgehead atoms. The van der Waals surface area contributed by atoms with Crippen LogP contribution in [0.4, 0.5) is 0 Å². The first-order chi connectivity index (χ1) is 10.1. The summed E-state index contributed by atoms with van der Waals surface area (Å²) in [6, 6.07) is 9.28. The zero-order valence-corrected chi connectivity index (χ0v) is 14.0. The van der Waals surface area contributed by atoms with E-state index in [1.165, 1.54) is 30.4 Å². The van der Waals surface area contributed by atoms with Crippen molar-refractivity contribution in [2.75, 3.05) is 14.1 Å². The summed E-state index contributed by atoms with van der Waals surface area (Å²) in [7, 11) is 4.31. The molecule has 118 valence electrons. The van der Waals surface area contributed by atoms with Crippen LogP contribution in [-0.2, 0) is 0 Å². The molecule has 0 spiro atoms. The highest BCUT2D eigenvalue weighted by Gasteiger charge is 2.38. The quantitative estimate of drug-likeness (QED) is 0.595. The van der Waals surface area contributed by atoms with Gasteiger partial charge in [0.1, 0.15) is 0 Å². The van der Waals surface area contributed by atoms with Crippen molar-refractivity contribution in [2.24, 2.45) is 5.84 Å². The van der Waals surface area contributed by atoms with Crippen molar-refractivity contribution in [3.63, 3.8) is 0 Å². The summed E-state index contributed by atoms with van der Waals surface area (Å²) in [5.74, 6) is 6.73. The minimum Gasteiger partial charge on any atom is -0.302 e. The third kappa shape index (κ3) is 3.01. The summed E-state index contributed by atoms with van der Waals surface area (Å²) in [6.45, 7) is 4.49. The van der Waals surface area contributed by atoms with E-state index in [1.54, 1.807) is 0 Å². The molecular weight excluding hydrogens is 258 g/mol. The number of nitrogens with two attached hydrogens (primary N) is 1. The van der Waals surface area contributed by atoms with E-state index in [1.807, 2.05) is 0 Å².